The summed E-state index contributed by atoms with van der Waals surface area (Å²) in [6.07, 6.45) is 9.77. The van der Waals surface area contributed by atoms with Crippen LogP contribution in [0.5, 0.6) is 0 Å². The van der Waals surface area contributed by atoms with E-state index in [0.717, 1.165) is 17.8 Å². The highest BCUT2D eigenvalue weighted by molar-refractivity contribution is 8.24. The number of hydrogen-bond acceptors (Lipinski definition) is 3. The molecule has 0 radical (unpaired) electrons. The van der Waals surface area contributed by atoms with Gasteiger partial charge in [-0.2, -0.15) is 0 Å². The molecule has 0 N–H and O–H groups in total. The van der Waals surface area contributed by atoms with E-state index in [4.69, 9.17) is 5.10 Å². The van der Waals surface area contributed by atoms with Crippen molar-refractivity contribution >= 4 is 34.9 Å². The maximum Gasteiger partial charge on any atom is 0.232 e. The number of fused-ring (bicyclic) bond motifs is 1. The highest BCUT2D eigenvalue weighted by Crippen LogP contribution is 2.52. The molecule has 6 rings (SSSR count). The first-order valence-electron chi connectivity index (χ1n) is 10.7. The van der Waals surface area contributed by atoms with E-state index in [-0.39, 0.29) is 6.04 Å². The molecule has 4 heteroatoms. The lowest BCUT2D eigenvalue weighted by Gasteiger charge is -2.09. The van der Waals surface area contributed by atoms with E-state index in [1.807, 2.05) is 23.5 Å². The number of hydrazone groups is 1. The molecular formula is C28H21N2S2+. The summed E-state index contributed by atoms with van der Waals surface area (Å²) in [6, 6.07) is 30.0. The molecule has 0 amide bonds. The Hall–Kier alpha value is -3.08. The molecule has 154 valence electrons. The Labute approximate surface area is 196 Å². The van der Waals surface area contributed by atoms with E-state index in [2.05, 4.69) is 114 Å². The van der Waals surface area contributed by atoms with Crippen molar-refractivity contribution < 1.29 is 4.68 Å². The minimum Gasteiger partial charge on any atom is -0.0809 e. The van der Waals surface area contributed by atoms with Gasteiger partial charge in [0, 0.05) is 33.1 Å². The summed E-state index contributed by atoms with van der Waals surface area (Å²) in [5.41, 5.74) is 6.01. The quantitative estimate of drug-likeness (QED) is 0.384. The molecule has 1 atom stereocenters. The standard InChI is InChI=1S/C28H21N2S2/c1-3-9-20(10-4-1)24-19-25(21-11-5-2-6-12-21)30(29-24)23-17-15-22(16-18-23)28-31-26-13-7-8-14-27(26)32-28/h1-18,25H,19H2/q+1. The van der Waals surface area contributed by atoms with Crippen molar-refractivity contribution in [3.63, 3.8) is 0 Å². The van der Waals surface area contributed by atoms with E-state index in [1.165, 1.54) is 30.7 Å². The number of thioether (sulfide) groups is 2. The number of allylic oxidation sites excluding steroid dienone is 5. The zero-order valence-electron chi connectivity index (χ0n) is 17.4. The first-order valence-corrected chi connectivity index (χ1v) is 12.4. The molecule has 0 saturated heterocycles. The summed E-state index contributed by atoms with van der Waals surface area (Å²) in [4.78, 5) is 2.69. The molecule has 2 nitrogen and oxygen atoms in total. The molecule has 3 aromatic rings. The molecule has 32 heavy (non-hydrogen) atoms. The Morgan fingerprint density at radius 3 is 1.94 bits per heavy atom. The monoisotopic (exact) mass is 449 g/mol. The minimum atomic E-state index is 0.199. The van der Waals surface area contributed by atoms with Crippen LogP contribution in [0.2, 0.25) is 0 Å². The van der Waals surface area contributed by atoms with Gasteiger partial charge in [-0.05, 0) is 35.0 Å². The lowest BCUT2D eigenvalue weighted by Crippen LogP contribution is -2.16. The average Bonchev–Trinajstić information content (AvgIpc) is 3.50. The van der Waals surface area contributed by atoms with Crippen molar-refractivity contribution in [1.82, 2.24) is 0 Å². The van der Waals surface area contributed by atoms with Gasteiger partial charge in [-0.25, -0.2) is 0 Å². The molecule has 0 saturated carbocycles. The summed E-state index contributed by atoms with van der Waals surface area (Å²) < 4.78 is 3.53. The minimum absolute atomic E-state index is 0.199. The van der Waals surface area contributed by atoms with Gasteiger partial charge < -0.3 is 0 Å². The van der Waals surface area contributed by atoms with Gasteiger partial charge in [-0.1, -0.05) is 101 Å². The van der Waals surface area contributed by atoms with E-state index in [0.29, 0.717) is 0 Å². The number of hydrogen-bond donors (Lipinski definition) is 0. The van der Waals surface area contributed by atoms with Crippen LogP contribution in [-0.2, 0) is 0 Å². The van der Waals surface area contributed by atoms with Crippen LogP contribution >= 0.6 is 23.5 Å². The molecule has 0 spiro atoms. The second-order valence-electron chi connectivity index (χ2n) is 7.87. The van der Waals surface area contributed by atoms with E-state index in [1.54, 1.807) is 0 Å². The zero-order valence-corrected chi connectivity index (χ0v) is 19.0. The maximum absolute atomic E-state index is 5.08. The van der Waals surface area contributed by atoms with Crippen molar-refractivity contribution in [3.05, 3.63) is 130 Å². The topological polar surface area (TPSA) is 15.4 Å². The van der Waals surface area contributed by atoms with E-state index in [9.17, 15) is 0 Å². The summed E-state index contributed by atoms with van der Waals surface area (Å²) >= 11 is 3.72. The second kappa shape index (κ2) is 8.45. The highest BCUT2D eigenvalue weighted by Gasteiger charge is 2.36. The van der Waals surface area contributed by atoms with Crippen molar-refractivity contribution in [3.8, 4) is 0 Å². The molecule has 3 aromatic carbocycles. The van der Waals surface area contributed by atoms with Crippen LogP contribution in [0.3, 0.4) is 0 Å². The van der Waals surface area contributed by atoms with Gasteiger partial charge >= 0.3 is 0 Å². The number of nitrogens with zero attached hydrogens (tertiary/aromatic N) is 2. The Morgan fingerprint density at radius 1 is 0.688 bits per heavy atom. The maximum atomic E-state index is 5.08. The van der Waals surface area contributed by atoms with Gasteiger partial charge in [0.25, 0.3) is 0 Å². The van der Waals surface area contributed by atoms with Crippen LogP contribution in [0.1, 0.15) is 23.6 Å². The Morgan fingerprint density at radius 2 is 1.28 bits per heavy atom. The summed E-state index contributed by atoms with van der Waals surface area (Å²) in [5.74, 6) is 0. The first-order chi connectivity index (χ1) is 15.8. The predicted molar refractivity (Wildman–Crippen MR) is 136 cm³/mol. The molecule has 0 bridgehead atoms. The zero-order chi connectivity index (χ0) is 21.3. The fourth-order valence-corrected chi connectivity index (χ4v) is 6.69. The van der Waals surface area contributed by atoms with Crippen LogP contribution in [0.15, 0.2) is 134 Å². The van der Waals surface area contributed by atoms with Gasteiger partial charge in [-0.3, -0.25) is 0 Å². The van der Waals surface area contributed by atoms with Crippen molar-refractivity contribution in [2.45, 2.75) is 22.3 Å². The first kappa shape index (κ1) is 19.6. The van der Waals surface area contributed by atoms with Gasteiger partial charge in [0.15, 0.2) is 0 Å². The molecule has 0 fully saturated rings. The van der Waals surface area contributed by atoms with Crippen molar-refractivity contribution in [2.24, 2.45) is 5.10 Å². The fourth-order valence-electron chi connectivity index (χ4n) is 4.20. The molecule has 0 aromatic heterocycles. The molecule has 2 heterocycles. The van der Waals surface area contributed by atoms with Crippen molar-refractivity contribution in [1.29, 1.82) is 0 Å². The van der Waals surface area contributed by atoms with Crippen LogP contribution in [0.25, 0.3) is 0 Å². The van der Waals surface area contributed by atoms with Gasteiger partial charge in [0.05, 0.1) is 10.7 Å². The lowest BCUT2D eigenvalue weighted by molar-refractivity contribution is -0.566. The Kier molecular flexibility index (Phi) is 5.18. The summed E-state index contributed by atoms with van der Waals surface area (Å²) in [7, 11) is 0. The van der Waals surface area contributed by atoms with Gasteiger partial charge in [-0.15, -0.1) is 0 Å². The Balaban J connectivity index is 1.36. The number of benzene rings is 3. The molecule has 2 aliphatic heterocycles. The average molecular weight is 450 g/mol. The summed E-state index contributed by atoms with van der Waals surface area (Å²) in [6.45, 7) is 0. The number of rotatable bonds is 2. The van der Waals surface area contributed by atoms with Crippen LogP contribution < -0.4 is 0 Å². The lowest BCUT2D eigenvalue weighted by atomic mass is 9.98. The highest BCUT2D eigenvalue weighted by atomic mass is 32.2. The Bertz CT molecular complexity index is 1290. The van der Waals surface area contributed by atoms with Crippen molar-refractivity contribution in [2.75, 3.05) is 0 Å². The third-order valence-electron chi connectivity index (χ3n) is 5.82. The normalized spacial score (nSPS) is 19.5. The smallest absolute Gasteiger partial charge is 0.0809 e. The largest absolute Gasteiger partial charge is 0.232 e. The van der Waals surface area contributed by atoms with Crippen LogP contribution in [-0.4, -0.2) is 16.1 Å². The molecule has 1 aliphatic carbocycles. The molecule has 1 unspecified atom stereocenters. The third kappa shape index (κ3) is 3.70. The van der Waals surface area contributed by atoms with Gasteiger partial charge in [0.2, 0.25) is 11.8 Å². The van der Waals surface area contributed by atoms with E-state index >= 15 is 0 Å². The van der Waals surface area contributed by atoms with Gasteiger partial charge in [0.1, 0.15) is 5.71 Å². The molecule has 3 aliphatic rings. The fraction of sp³-hybridized carbons (Fsp3) is 0.0714. The van der Waals surface area contributed by atoms with Crippen LogP contribution in [0, 0.1) is 0 Å². The second-order valence-corrected chi connectivity index (χ2v) is 10.2. The third-order valence-corrected chi connectivity index (χ3v) is 8.45. The van der Waals surface area contributed by atoms with Crippen LogP contribution in [0.4, 0.5) is 0 Å². The van der Waals surface area contributed by atoms with E-state index < -0.39 is 0 Å². The predicted octanol–water partition coefficient (Wildman–Crippen LogP) is 7.22. The SMILES string of the molecule is C1=CC(=[N+]2N=C(c3ccccc3)CC2c2ccccc2)C=CC1=C1Sc2ccccc2S1. The summed E-state index contributed by atoms with van der Waals surface area (Å²) in [5, 5.41) is 5.08. The molecular weight excluding hydrogens is 428 g/mol.